The molecule has 0 aliphatic heterocycles. The van der Waals surface area contributed by atoms with E-state index in [4.69, 9.17) is 4.74 Å². The maximum absolute atomic E-state index is 13.5. The number of hydrogen-bond acceptors (Lipinski definition) is 2. The van der Waals surface area contributed by atoms with E-state index in [1.165, 1.54) is 6.07 Å². The van der Waals surface area contributed by atoms with Gasteiger partial charge in [0.05, 0.1) is 5.52 Å². The molecule has 0 saturated heterocycles. The summed E-state index contributed by atoms with van der Waals surface area (Å²) in [6.45, 7) is 0.341. The Kier molecular flexibility index (Phi) is 2.83. The zero-order valence-electron chi connectivity index (χ0n) is 10.1. The van der Waals surface area contributed by atoms with Crippen LogP contribution in [0.15, 0.2) is 48.7 Å². The Balaban J connectivity index is 1.82. The Bertz CT molecular complexity index is 704. The first kappa shape index (κ1) is 11.6. The average molecular weight is 257 g/mol. The van der Waals surface area contributed by atoms with E-state index < -0.39 is 0 Å². The van der Waals surface area contributed by atoms with Crippen LogP contribution in [-0.4, -0.2) is 10.1 Å². The van der Waals surface area contributed by atoms with Crippen molar-refractivity contribution in [2.24, 2.45) is 0 Å². The van der Waals surface area contributed by atoms with E-state index in [1.54, 1.807) is 36.5 Å². The Morgan fingerprint density at radius 3 is 2.68 bits per heavy atom. The number of halogens is 1. The van der Waals surface area contributed by atoms with Crippen LogP contribution in [0.25, 0.3) is 10.9 Å². The molecule has 0 aliphatic rings. The van der Waals surface area contributed by atoms with Gasteiger partial charge in [-0.05, 0) is 30.3 Å². The van der Waals surface area contributed by atoms with E-state index in [0.29, 0.717) is 17.9 Å². The number of nitrogens with one attached hydrogen (secondary N) is 1. The van der Waals surface area contributed by atoms with Gasteiger partial charge in [-0.2, -0.15) is 0 Å². The number of aromatic nitrogens is 1. The summed E-state index contributed by atoms with van der Waals surface area (Å²) in [7, 11) is 0. The molecule has 0 atom stereocenters. The van der Waals surface area contributed by atoms with Crippen molar-refractivity contribution < 1.29 is 14.2 Å². The van der Waals surface area contributed by atoms with Crippen LogP contribution in [0.5, 0.6) is 11.5 Å². The Hall–Kier alpha value is -2.49. The summed E-state index contributed by atoms with van der Waals surface area (Å²) >= 11 is 0. The van der Waals surface area contributed by atoms with Crippen LogP contribution >= 0.6 is 0 Å². The van der Waals surface area contributed by atoms with Gasteiger partial charge in [0, 0.05) is 17.1 Å². The molecule has 0 radical (unpaired) electrons. The molecule has 3 nitrogen and oxygen atoms in total. The van der Waals surface area contributed by atoms with E-state index in [-0.39, 0.29) is 11.6 Å². The first-order valence-electron chi connectivity index (χ1n) is 5.90. The van der Waals surface area contributed by atoms with Crippen LogP contribution < -0.4 is 4.74 Å². The lowest BCUT2D eigenvalue weighted by Gasteiger charge is -2.05. The molecular weight excluding hydrogens is 245 g/mol. The van der Waals surface area contributed by atoms with Crippen molar-refractivity contribution in [3.8, 4) is 11.5 Å². The van der Waals surface area contributed by atoms with E-state index in [2.05, 4.69) is 4.98 Å². The van der Waals surface area contributed by atoms with E-state index in [9.17, 15) is 9.50 Å². The summed E-state index contributed by atoms with van der Waals surface area (Å²) < 4.78 is 19.1. The highest BCUT2D eigenvalue weighted by Crippen LogP contribution is 2.23. The van der Waals surface area contributed by atoms with Crippen molar-refractivity contribution >= 4 is 10.9 Å². The Morgan fingerprint density at radius 1 is 1.11 bits per heavy atom. The fourth-order valence-electron chi connectivity index (χ4n) is 2.00. The van der Waals surface area contributed by atoms with Gasteiger partial charge in [0.2, 0.25) is 0 Å². The second kappa shape index (κ2) is 4.65. The Morgan fingerprint density at radius 2 is 1.89 bits per heavy atom. The van der Waals surface area contributed by atoms with Crippen molar-refractivity contribution in [3.63, 3.8) is 0 Å². The van der Waals surface area contributed by atoms with Gasteiger partial charge in [-0.25, -0.2) is 4.39 Å². The van der Waals surface area contributed by atoms with Crippen LogP contribution in [0.2, 0.25) is 0 Å². The lowest BCUT2D eigenvalue weighted by molar-refractivity contribution is 0.307. The number of aromatic hydroxyl groups is 1. The monoisotopic (exact) mass is 257 g/mol. The first-order valence-corrected chi connectivity index (χ1v) is 5.90. The predicted octanol–water partition coefficient (Wildman–Crippen LogP) is 3.59. The van der Waals surface area contributed by atoms with E-state index in [0.717, 1.165) is 10.9 Å². The number of hydrogen-bond donors (Lipinski definition) is 2. The maximum Gasteiger partial charge on any atom is 0.147 e. The number of phenols is 1. The molecule has 2 N–H and O–H groups in total. The molecule has 2 aromatic carbocycles. The van der Waals surface area contributed by atoms with Gasteiger partial charge in [0.1, 0.15) is 23.9 Å². The summed E-state index contributed by atoms with van der Waals surface area (Å²) in [5.74, 6) is 0.582. The van der Waals surface area contributed by atoms with Gasteiger partial charge in [0.15, 0.2) is 0 Å². The van der Waals surface area contributed by atoms with Crippen LogP contribution in [0, 0.1) is 5.82 Å². The van der Waals surface area contributed by atoms with Gasteiger partial charge in [0.25, 0.3) is 0 Å². The number of rotatable bonds is 3. The third-order valence-corrected chi connectivity index (χ3v) is 2.98. The number of H-pyrrole nitrogens is 1. The molecule has 19 heavy (non-hydrogen) atoms. The molecule has 3 rings (SSSR count). The topological polar surface area (TPSA) is 45.2 Å². The number of phenolic OH excluding ortho intramolecular Hbond substituents is 1. The third-order valence-electron chi connectivity index (χ3n) is 2.98. The minimum Gasteiger partial charge on any atom is -0.508 e. The van der Waals surface area contributed by atoms with Crippen molar-refractivity contribution in [3.05, 3.63) is 60.0 Å². The molecule has 0 unspecified atom stereocenters. The van der Waals surface area contributed by atoms with E-state index in [1.807, 2.05) is 6.07 Å². The zero-order valence-corrected chi connectivity index (χ0v) is 10.1. The number of aromatic amines is 1. The number of ether oxygens (including phenoxy) is 1. The molecule has 0 bridgehead atoms. The fraction of sp³-hybridized carbons (Fsp3) is 0.0667. The van der Waals surface area contributed by atoms with Crippen LogP contribution in [0.3, 0.4) is 0 Å². The second-order valence-corrected chi connectivity index (χ2v) is 4.26. The number of para-hydroxylation sites is 1. The summed E-state index contributed by atoms with van der Waals surface area (Å²) in [6.07, 6.45) is 1.74. The molecule has 0 fully saturated rings. The highest BCUT2D eigenvalue weighted by Gasteiger charge is 2.07. The highest BCUT2D eigenvalue weighted by molar-refractivity contribution is 5.83. The maximum atomic E-state index is 13.5. The fourth-order valence-corrected chi connectivity index (χ4v) is 2.00. The van der Waals surface area contributed by atoms with Crippen molar-refractivity contribution in [1.82, 2.24) is 4.98 Å². The lowest BCUT2D eigenvalue weighted by atomic mass is 10.2. The second-order valence-electron chi connectivity index (χ2n) is 4.26. The summed E-state index contributed by atoms with van der Waals surface area (Å²) in [4.78, 5) is 2.91. The lowest BCUT2D eigenvalue weighted by Crippen LogP contribution is -1.94. The molecule has 0 spiro atoms. The molecule has 4 heteroatoms. The number of benzene rings is 2. The third kappa shape index (κ3) is 2.25. The largest absolute Gasteiger partial charge is 0.508 e. The van der Waals surface area contributed by atoms with E-state index >= 15 is 0 Å². The molecule has 0 amide bonds. The quantitative estimate of drug-likeness (QED) is 0.753. The predicted molar refractivity (Wildman–Crippen MR) is 70.7 cm³/mol. The molecular formula is C15H12FNO2. The summed E-state index contributed by atoms with van der Waals surface area (Å²) in [5.41, 5.74) is 1.38. The molecule has 0 saturated carbocycles. The van der Waals surface area contributed by atoms with Gasteiger partial charge < -0.3 is 14.8 Å². The molecule has 96 valence electrons. The standard InChI is InChI=1S/C15H12FNO2/c16-14-3-1-2-13-10(8-17-15(13)14)9-19-12-6-4-11(18)5-7-12/h1-8,17-18H,9H2. The normalized spacial score (nSPS) is 10.8. The smallest absolute Gasteiger partial charge is 0.147 e. The Labute approximate surface area is 109 Å². The van der Waals surface area contributed by atoms with Crippen LogP contribution in [0.4, 0.5) is 4.39 Å². The summed E-state index contributed by atoms with van der Waals surface area (Å²) in [5, 5.41) is 10.00. The van der Waals surface area contributed by atoms with Gasteiger partial charge in [-0.15, -0.1) is 0 Å². The van der Waals surface area contributed by atoms with Crippen LogP contribution in [-0.2, 0) is 6.61 Å². The molecule has 1 aromatic heterocycles. The molecule has 3 aromatic rings. The zero-order chi connectivity index (χ0) is 13.2. The minimum atomic E-state index is -0.270. The minimum absolute atomic E-state index is 0.196. The molecule has 0 aliphatic carbocycles. The van der Waals surface area contributed by atoms with Crippen LogP contribution in [0.1, 0.15) is 5.56 Å². The molecule has 1 heterocycles. The van der Waals surface area contributed by atoms with Gasteiger partial charge >= 0.3 is 0 Å². The average Bonchev–Trinajstić information content (AvgIpc) is 2.83. The summed E-state index contributed by atoms with van der Waals surface area (Å²) in [6, 6.07) is 11.4. The first-order chi connectivity index (χ1) is 9.24. The number of fused-ring (bicyclic) bond motifs is 1. The van der Waals surface area contributed by atoms with Crippen molar-refractivity contribution in [2.45, 2.75) is 6.61 Å². The van der Waals surface area contributed by atoms with Crippen molar-refractivity contribution in [2.75, 3.05) is 0 Å². The highest BCUT2D eigenvalue weighted by atomic mass is 19.1. The van der Waals surface area contributed by atoms with Gasteiger partial charge in [-0.1, -0.05) is 12.1 Å². The SMILES string of the molecule is Oc1ccc(OCc2c[nH]c3c(F)cccc23)cc1. The van der Waals surface area contributed by atoms with Crippen molar-refractivity contribution in [1.29, 1.82) is 0 Å². The van der Waals surface area contributed by atoms with Gasteiger partial charge in [-0.3, -0.25) is 0 Å².